The minimum Gasteiger partial charge on any atom is -0.375 e. The molecule has 1 aliphatic rings. The number of rotatable bonds is 6. The van der Waals surface area contributed by atoms with E-state index in [1.165, 1.54) is 13.2 Å². The fourth-order valence-corrected chi connectivity index (χ4v) is 3.29. The molecule has 0 spiro atoms. The van der Waals surface area contributed by atoms with Crippen LogP contribution in [0.25, 0.3) is 0 Å². The maximum atomic E-state index is 14.0. The number of aryl methyl sites for hydroxylation is 1. The summed E-state index contributed by atoms with van der Waals surface area (Å²) in [5.41, 5.74) is 2.63. The number of hydrogen-bond acceptors (Lipinski definition) is 3. The number of anilines is 2. The third kappa shape index (κ3) is 4.48. The van der Waals surface area contributed by atoms with E-state index in [4.69, 9.17) is 4.74 Å². The lowest BCUT2D eigenvalue weighted by atomic mass is 10.1. The van der Waals surface area contributed by atoms with Crippen LogP contribution >= 0.6 is 0 Å². The van der Waals surface area contributed by atoms with Gasteiger partial charge in [0.15, 0.2) is 0 Å². The number of ether oxygens (including phenoxy) is 1. The number of halogens is 1. The Hall–Kier alpha value is -2.93. The maximum Gasteiger partial charge on any atom is 0.324 e. The highest BCUT2D eigenvalue weighted by molar-refractivity contribution is 6.01. The molecule has 3 rings (SSSR count). The molecule has 6 nitrogen and oxygen atoms in total. The van der Waals surface area contributed by atoms with Gasteiger partial charge in [-0.05, 0) is 37.1 Å². The van der Waals surface area contributed by atoms with Gasteiger partial charge in [0.2, 0.25) is 5.91 Å². The van der Waals surface area contributed by atoms with Gasteiger partial charge in [0.25, 0.3) is 0 Å². The standard InChI is InChI=1S/C21H24FN3O3/c1-15-8-9-19(18(12-15)23-20(26)14-28-2)25-11-5-10-24(21(25)27)13-16-6-3-4-7-17(16)22/h3-4,6-9,12H,5,10-11,13-14H2,1-2H3,(H,23,26). The lowest BCUT2D eigenvalue weighted by molar-refractivity contribution is -0.119. The fraction of sp³-hybridized carbons (Fsp3) is 0.333. The number of amides is 3. The van der Waals surface area contributed by atoms with Crippen LogP contribution in [-0.2, 0) is 16.1 Å². The summed E-state index contributed by atoms with van der Waals surface area (Å²) in [5.74, 6) is -0.614. The molecule has 0 aromatic heterocycles. The largest absolute Gasteiger partial charge is 0.375 e. The van der Waals surface area contributed by atoms with Gasteiger partial charge in [-0.2, -0.15) is 0 Å². The van der Waals surface area contributed by atoms with Gasteiger partial charge in [-0.3, -0.25) is 9.69 Å². The molecular weight excluding hydrogens is 361 g/mol. The summed E-state index contributed by atoms with van der Waals surface area (Å²) in [5, 5.41) is 2.81. The number of hydrogen-bond donors (Lipinski definition) is 1. The topological polar surface area (TPSA) is 61.9 Å². The molecule has 0 atom stereocenters. The summed E-state index contributed by atoms with van der Waals surface area (Å²) < 4.78 is 18.9. The van der Waals surface area contributed by atoms with E-state index in [1.54, 1.807) is 28.0 Å². The van der Waals surface area contributed by atoms with Crippen molar-refractivity contribution < 1.29 is 18.7 Å². The van der Waals surface area contributed by atoms with Crippen LogP contribution in [0.5, 0.6) is 0 Å². The first-order valence-electron chi connectivity index (χ1n) is 9.19. The number of nitrogens with zero attached hydrogens (tertiary/aromatic N) is 2. The van der Waals surface area contributed by atoms with E-state index in [0.717, 1.165) is 12.0 Å². The van der Waals surface area contributed by atoms with Gasteiger partial charge in [0.1, 0.15) is 12.4 Å². The molecule has 1 saturated heterocycles. The molecule has 1 heterocycles. The Morgan fingerprint density at radius 3 is 2.75 bits per heavy atom. The Balaban J connectivity index is 1.84. The van der Waals surface area contributed by atoms with Gasteiger partial charge in [0.05, 0.1) is 17.9 Å². The predicted molar refractivity (Wildman–Crippen MR) is 106 cm³/mol. The van der Waals surface area contributed by atoms with E-state index in [-0.39, 0.29) is 30.9 Å². The number of methoxy groups -OCH3 is 1. The number of carbonyl (C=O) groups excluding carboxylic acids is 2. The van der Waals surface area contributed by atoms with Crippen molar-refractivity contribution in [2.75, 3.05) is 37.0 Å². The van der Waals surface area contributed by atoms with Crippen molar-refractivity contribution in [2.45, 2.75) is 19.9 Å². The zero-order chi connectivity index (χ0) is 20.1. The third-order valence-electron chi connectivity index (χ3n) is 4.62. The quantitative estimate of drug-likeness (QED) is 0.827. The molecule has 1 fully saturated rings. The lowest BCUT2D eigenvalue weighted by Gasteiger charge is -2.36. The van der Waals surface area contributed by atoms with Gasteiger partial charge >= 0.3 is 6.03 Å². The molecule has 0 saturated carbocycles. The van der Waals surface area contributed by atoms with Crippen LogP contribution < -0.4 is 10.2 Å². The van der Waals surface area contributed by atoms with Crippen LogP contribution in [0.4, 0.5) is 20.6 Å². The van der Waals surface area contributed by atoms with Crippen LogP contribution in [0.1, 0.15) is 17.5 Å². The molecule has 0 aliphatic carbocycles. The van der Waals surface area contributed by atoms with Crippen LogP contribution in [0.2, 0.25) is 0 Å². The molecule has 28 heavy (non-hydrogen) atoms. The molecule has 7 heteroatoms. The second kappa shape index (κ2) is 8.84. The summed E-state index contributed by atoms with van der Waals surface area (Å²) in [4.78, 5) is 28.3. The molecule has 0 bridgehead atoms. The molecule has 0 unspecified atom stereocenters. The maximum absolute atomic E-state index is 14.0. The van der Waals surface area contributed by atoms with Crippen molar-refractivity contribution in [3.63, 3.8) is 0 Å². The van der Waals surface area contributed by atoms with Crippen LogP contribution in [0, 0.1) is 12.7 Å². The summed E-state index contributed by atoms with van der Waals surface area (Å²) in [7, 11) is 1.45. The van der Waals surface area contributed by atoms with Crippen molar-refractivity contribution in [3.05, 3.63) is 59.4 Å². The summed E-state index contributed by atoms with van der Waals surface area (Å²) >= 11 is 0. The second-order valence-electron chi connectivity index (χ2n) is 6.80. The van der Waals surface area contributed by atoms with E-state index in [9.17, 15) is 14.0 Å². The summed E-state index contributed by atoms with van der Waals surface area (Å²) in [6.07, 6.45) is 0.750. The van der Waals surface area contributed by atoms with E-state index in [0.29, 0.717) is 30.0 Å². The molecule has 2 aromatic rings. The average molecular weight is 385 g/mol. The second-order valence-corrected chi connectivity index (χ2v) is 6.80. The smallest absolute Gasteiger partial charge is 0.324 e. The zero-order valence-electron chi connectivity index (χ0n) is 16.1. The fourth-order valence-electron chi connectivity index (χ4n) is 3.29. The van der Waals surface area contributed by atoms with Crippen molar-refractivity contribution in [1.82, 2.24) is 4.90 Å². The molecule has 1 aliphatic heterocycles. The summed E-state index contributed by atoms with van der Waals surface area (Å²) in [6.45, 7) is 3.14. The molecule has 2 aromatic carbocycles. The monoisotopic (exact) mass is 385 g/mol. The van der Waals surface area contributed by atoms with Crippen LogP contribution in [-0.4, -0.2) is 43.6 Å². The Bertz CT molecular complexity index is 872. The number of urea groups is 1. The SMILES string of the molecule is COCC(=O)Nc1cc(C)ccc1N1CCCN(Cc2ccccc2F)C1=O. The zero-order valence-corrected chi connectivity index (χ0v) is 16.1. The van der Waals surface area contributed by atoms with Crippen LogP contribution in [0.15, 0.2) is 42.5 Å². The molecule has 0 radical (unpaired) electrons. The van der Waals surface area contributed by atoms with Crippen LogP contribution in [0.3, 0.4) is 0 Å². The Morgan fingerprint density at radius 1 is 1.21 bits per heavy atom. The van der Waals surface area contributed by atoms with Gasteiger partial charge in [-0.25, -0.2) is 9.18 Å². The van der Waals surface area contributed by atoms with Gasteiger partial charge in [-0.1, -0.05) is 24.3 Å². The highest BCUT2D eigenvalue weighted by Gasteiger charge is 2.29. The lowest BCUT2D eigenvalue weighted by Crippen LogP contribution is -2.49. The predicted octanol–water partition coefficient (Wildman–Crippen LogP) is 3.55. The van der Waals surface area contributed by atoms with Crippen molar-refractivity contribution in [2.24, 2.45) is 0 Å². The van der Waals surface area contributed by atoms with Gasteiger partial charge in [-0.15, -0.1) is 0 Å². The number of carbonyl (C=O) groups is 2. The minimum atomic E-state index is -0.324. The van der Waals surface area contributed by atoms with Crippen molar-refractivity contribution >= 4 is 23.3 Å². The Kier molecular flexibility index (Phi) is 6.26. The normalized spacial score (nSPS) is 14.3. The van der Waals surface area contributed by atoms with Crippen molar-refractivity contribution in [1.29, 1.82) is 0 Å². The van der Waals surface area contributed by atoms with E-state index < -0.39 is 0 Å². The first-order valence-corrected chi connectivity index (χ1v) is 9.19. The van der Waals surface area contributed by atoms with Gasteiger partial charge < -0.3 is 15.0 Å². The Labute approximate surface area is 163 Å². The van der Waals surface area contributed by atoms with Gasteiger partial charge in [0, 0.05) is 25.8 Å². The highest BCUT2D eigenvalue weighted by atomic mass is 19.1. The molecule has 3 amide bonds. The highest BCUT2D eigenvalue weighted by Crippen LogP contribution is 2.30. The number of nitrogens with one attached hydrogen (secondary N) is 1. The van der Waals surface area contributed by atoms with E-state index in [2.05, 4.69) is 5.32 Å². The molecular formula is C21H24FN3O3. The minimum absolute atomic E-state index is 0.0687. The first-order chi connectivity index (χ1) is 13.5. The first kappa shape index (κ1) is 19.8. The molecule has 1 N–H and O–H groups in total. The average Bonchev–Trinajstić information content (AvgIpc) is 2.66. The number of benzene rings is 2. The van der Waals surface area contributed by atoms with Crippen molar-refractivity contribution in [3.8, 4) is 0 Å². The Morgan fingerprint density at radius 2 is 2.00 bits per heavy atom. The summed E-state index contributed by atoms with van der Waals surface area (Å²) in [6, 6.07) is 11.8. The van der Waals surface area contributed by atoms with E-state index >= 15 is 0 Å². The molecule has 148 valence electrons. The third-order valence-corrected chi connectivity index (χ3v) is 4.62. The van der Waals surface area contributed by atoms with E-state index in [1.807, 2.05) is 25.1 Å².